The summed E-state index contributed by atoms with van der Waals surface area (Å²) >= 11 is 0. The molecule has 2 saturated heterocycles. The molecule has 3 N–H and O–H groups in total. The number of likely N-dealkylation sites (tertiary alicyclic amines) is 1. The Labute approximate surface area is 150 Å². The Morgan fingerprint density at radius 2 is 1.92 bits per heavy atom. The van der Waals surface area contributed by atoms with E-state index in [1.54, 1.807) is 4.57 Å². The molecule has 2 aromatic rings. The van der Waals surface area contributed by atoms with Crippen molar-refractivity contribution in [3.63, 3.8) is 0 Å². The lowest BCUT2D eigenvalue weighted by atomic mass is 10.1. The Bertz CT molecular complexity index is 789. The molecule has 0 amide bonds. The summed E-state index contributed by atoms with van der Waals surface area (Å²) in [6.07, 6.45) is 6.54. The van der Waals surface area contributed by atoms with Gasteiger partial charge < -0.3 is 25.0 Å². The lowest BCUT2D eigenvalue weighted by molar-refractivity contribution is -0.0511. The second-order valence-corrected chi connectivity index (χ2v) is 6.72. The second kappa shape index (κ2) is 7.28. The maximum absolute atomic E-state index is 10.2. The average Bonchev–Trinajstić information content (AvgIpc) is 3.23. The SMILES string of the molecule is OC[C@H]1O[C@@H](n2cnc3c(/C=C/N4CCCCC4)ncnc32)[C@H](O)[C@@H]1O. The third kappa shape index (κ3) is 3.07. The van der Waals surface area contributed by atoms with Crippen LogP contribution in [0.4, 0.5) is 0 Å². The second-order valence-electron chi connectivity index (χ2n) is 6.72. The number of rotatable bonds is 4. The van der Waals surface area contributed by atoms with Crippen LogP contribution in [0, 0.1) is 0 Å². The first kappa shape index (κ1) is 17.3. The number of aromatic nitrogens is 4. The van der Waals surface area contributed by atoms with Gasteiger partial charge in [-0.1, -0.05) is 0 Å². The van der Waals surface area contributed by atoms with Crippen molar-refractivity contribution in [2.75, 3.05) is 19.7 Å². The van der Waals surface area contributed by atoms with Crippen LogP contribution >= 0.6 is 0 Å². The fourth-order valence-corrected chi connectivity index (χ4v) is 3.53. The summed E-state index contributed by atoms with van der Waals surface area (Å²) in [5.41, 5.74) is 1.79. The van der Waals surface area contributed by atoms with Gasteiger partial charge in [-0.25, -0.2) is 15.0 Å². The maximum atomic E-state index is 10.2. The average molecular weight is 361 g/mol. The van der Waals surface area contributed by atoms with Crippen molar-refractivity contribution in [2.45, 2.75) is 43.8 Å². The van der Waals surface area contributed by atoms with E-state index < -0.39 is 24.5 Å². The van der Waals surface area contributed by atoms with Crippen molar-refractivity contribution < 1.29 is 20.1 Å². The van der Waals surface area contributed by atoms with Gasteiger partial charge in [0.1, 0.15) is 30.2 Å². The van der Waals surface area contributed by atoms with E-state index in [2.05, 4.69) is 19.9 Å². The molecule has 140 valence electrons. The molecule has 9 heteroatoms. The van der Waals surface area contributed by atoms with Crippen LogP contribution in [0.15, 0.2) is 18.9 Å². The van der Waals surface area contributed by atoms with E-state index in [-0.39, 0.29) is 6.61 Å². The molecule has 2 aliphatic rings. The molecular weight excluding hydrogens is 338 g/mol. The molecule has 0 spiro atoms. The van der Waals surface area contributed by atoms with Gasteiger partial charge in [0.05, 0.1) is 18.6 Å². The topological polar surface area (TPSA) is 117 Å². The summed E-state index contributed by atoms with van der Waals surface area (Å²) < 4.78 is 7.14. The van der Waals surface area contributed by atoms with Crippen molar-refractivity contribution in [3.8, 4) is 0 Å². The first-order valence-electron chi connectivity index (χ1n) is 8.91. The molecule has 4 rings (SSSR count). The van der Waals surface area contributed by atoms with Crippen LogP contribution in [-0.2, 0) is 4.74 Å². The molecule has 0 bridgehead atoms. The summed E-state index contributed by atoms with van der Waals surface area (Å²) in [5, 5.41) is 29.5. The number of hydrogen-bond acceptors (Lipinski definition) is 8. The monoisotopic (exact) mass is 361 g/mol. The molecule has 0 radical (unpaired) electrons. The van der Waals surface area contributed by atoms with Crippen LogP contribution in [-0.4, -0.2) is 77.7 Å². The number of nitrogens with zero attached hydrogens (tertiary/aromatic N) is 5. The normalized spacial score (nSPS) is 29.9. The Morgan fingerprint density at radius 1 is 1.12 bits per heavy atom. The number of ether oxygens (including phenoxy) is 1. The van der Waals surface area contributed by atoms with Gasteiger partial charge in [-0.15, -0.1) is 0 Å². The predicted octanol–water partition coefficient (Wildman–Crippen LogP) is -0.106. The van der Waals surface area contributed by atoms with E-state index in [1.165, 1.54) is 31.9 Å². The molecule has 26 heavy (non-hydrogen) atoms. The molecule has 0 saturated carbocycles. The van der Waals surface area contributed by atoms with Gasteiger partial charge in [0.15, 0.2) is 11.9 Å². The van der Waals surface area contributed by atoms with Crippen LogP contribution in [0.5, 0.6) is 0 Å². The molecule has 9 nitrogen and oxygen atoms in total. The molecular formula is C17H23N5O4. The highest BCUT2D eigenvalue weighted by Gasteiger charge is 2.43. The molecule has 2 aliphatic heterocycles. The summed E-state index contributed by atoms with van der Waals surface area (Å²) in [6.45, 7) is 1.71. The van der Waals surface area contributed by atoms with Gasteiger partial charge >= 0.3 is 0 Å². The predicted molar refractivity (Wildman–Crippen MR) is 92.8 cm³/mol. The number of fused-ring (bicyclic) bond motifs is 1. The van der Waals surface area contributed by atoms with Crippen molar-refractivity contribution in [3.05, 3.63) is 24.5 Å². The third-order valence-electron chi connectivity index (χ3n) is 5.01. The fourth-order valence-electron chi connectivity index (χ4n) is 3.53. The van der Waals surface area contributed by atoms with Gasteiger partial charge in [0.2, 0.25) is 0 Å². The number of piperidine rings is 1. The first-order chi connectivity index (χ1) is 12.7. The summed E-state index contributed by atoms with van der Waals surface area (Å²) in [7, 11) is 0. The Balaban J connectivity index is 1.62. The zero-order valence-electron chi connectivity index (χ0n) is 14.3. The van der Waals surface area contributed by atoms with Gasteiger partial charge in [0, 0.05) is 19.3 Å². The molecule has 2 aromatic heterocycles. The van der Waals surface area contributed by atoms with Crippen molar-refractivity contribution in [1.82, 2.24) is 24.4 Å². The number of imidazole rings is 1. The highest BCUT2D eigenvalue weighted by molar-refractivity contribution is 5.79. The number of aliphatic hydroxyl groups is 3. The molecule has 0 aromatic carbocycles. The highest BCUT2D eigenvalue weighted by atomic mass is 16.6. The quantitative estimate of drug-likeness (QED) is 0.691. The van der Waals surface area contributed by atoms with Crippen LogP contribution in [0.2, 0.25) is 0 Å². The van der Waals surface area contributed by atoms with E-state index in [0.717, 1.165) is 13.1 Å². The Hall–Kier alpha value is -2.07. The first-order valence-corrected chi connectivity index (χ1v) is 8.91. The molecule has 4 heterocycles. The maximum Gasteiger partial charge on any atom is 0.166 e. The van der Waals surface area contributed by atoms with Crippen molar-refractivity contribution in [1.29, 1.82) is 0 Å². The van der Waals surface area contributed by atoms with E-state index in [0.29, 0.717) is 16.9 Å². The van der Waals surface area contributed by atoms with Crippen LogP contribution in [0.3, 0.4) is 0 Å². The molecule has 0 aliphatic carbocycles. The van der Waals surface area contributed by atoms with E-state index >= 15 is 0 Å². The smallest absolute Gasteiger partial charge is 0.166 e. The molecule has 2 fully saturated rings. The highest BCUT2D eigenvalue weighted by Crippen LogP contribution is 2.31. The zero-order chi connectivity index (χ0) is 18.1. The van der Waals surface area contributed by atoms with Gasteiger partial charge in [-0.3, -0.25) is 4.57 Å². The number of hydrogen-bond donors (Lipinski definition) is 3. The van der Waals surface area contributed by atoms with Crippen LogP contribution < -0.4 is 0 Å². The van der Waals surface area contributed by atoms with Gasteiger partial charge in [-0.05, 0) is 25.3 Å². The minimum Gasteiger partial charge on any atom is -0.394 e. The van der Waals surface area contributed by atoms with Crippen LogP contribution in [0.25, 0.3) is 17.2 Å². The minimum absolute atomic E-state index is 0.375. The van der Waals surface area contributed by atoms with Gasteiger partial charge in [0.25, 0.3) is 0 Å². The Kier molecular flexibility index (Phi) is 4.86. The summed E-state index contributed by atoms with van der Waals surface area (Å²) in [6, 6.07) is 0. The van der Waals surface area contributed by atoms with Crippen LogP contribution in [0.1, 0.15) is 31.2 Å². The summed E-state index contributed by atoms with van der Waals surface area (Å²) in [5.74, 6) is 0. The zero-order valence-corrected chi connectivity index (χ0v) is 14.3. The lowest BCUT2D eigenvalue weighted by Gasteiger charge is -2.24. The van der Waals surface area contributed by atoms with E-state index in [4.69, 9.17) is 4.74 Å². The fraction of sp³-hybridized carbons (Fsp3) is 0.588. The minimum atomic E-state index is -1.17. The number of aliphatic hydroxyl groups excluding tert-OH is 3. The molecule has 0 unspecified atom stereocenters. The largest absolute Gasteiger partial charge is 0.394 e. The van der Waals surface area contributed by atoms with E-state index in [9.17, 15) is 15.3 Å². The van der Waals surface area contributed by atoms with Crippen molar-refractivity contribution in [2.24, 2.45) is 0 Å². The van der Waals surface area contributed by atoms with Crippen molar-refractivity contribution >= 4 is 17.2 Å². The third-order valence-corrected chi connectivity index (χ3v) is 5.01. The molecule has 4 atom stereocenters. The standard InChI is InChI=1S/C17H23N5O4/c23-8-12-14(24)15(25)17(26-12)22-10-20-13-11(18-9-19-16(13)22)4-7-21-5-2-1-3-6-21/h4,7,9-10,12,14-15,17,23-25H,1-3,5-6,8H2/b7-4+/t12-,14-,15-,17-/m1/s1. The van der Waals surface area contributed by atoms with E-state index in [1.807, 2.05) is 12.3 Å². The van der Waals surface area contributed by atoms with Gasteiger partial charge in [-0.2, -0.15) is 0 Å². The Morgan fingerprint density at radius 3 is 2.65 bits per heavy atom. The summed E-state index contributed by atoms with van der Waals surface area (Å²) in [4.78, 5) is 15.2. The lowest BCUT2D eigenvalue weighted by Crippen LogP contribution is -2.33.